The Bertz CT molecular complexity index is 1120. The van der Waals surface area contributed by atoms with Gasteiger partial charge in [-0.15, -0.1) is 17.5 Å². The van der Waals surface area contributed by atoms with Gasteiger partial charge in [-0.2, -0.15) is 0 Å². The normalized spacial score (nSPS) is 10.7. The van der Waals surface area contributed by atoms with Crippen LogP contribution in [0.5, 0.6) is 0 Å². The molecule has 1 heterocycles. The van der Waals surface area contributed by atoms with Crippen molar-refractivity contribution in [3.63, 3.8) is 0 Å². The van der Waals surface area contributed by atoms with Gasteiger partial charge in [-0.3, -0.25) is 9.78 Å². The van der Waals surface area contributed by atoms with E-state index < -0.39 is 0 Å². The van der Waals surface area contributed by atoms with Gasteiger partial charge in [0, 0.05) is 38.1 Å². The van der Waals surface area contributed by atoms with E-state index in [1.165, 1.54) is 36.1 Å². The molecule has 0 saturated heterocycles. The minimum absolute atomic E-state index is 0. The van der Waals surface area contributed by atoms with Crippen LogP contribution in [-0.2, 0) is 24.9 Å². The maximum Gasteiger partial charge on any atom is 0.155 e. The van der Waals surface area contributed by atoms with E-state index in [1.54, 1.807) is 0 Å². The molecule has 4 rings (SSSR count). The molecule has 143 valence electrons. The molecule has 1 N–H and O–H groups in total. The molecule has 0 aliphatic rings. The number of pyridine rings is 1. The maximum absolute atomic E-state index is 10.0. The number of carbonyl (C=O) groups is 1. The number of ketones is 1. The van der Waals surface area contributed by atoms with Crippen molar-refractivity contribution in [1.29, 1.82) is 0 Å². The molecule has 0 amide bonds. The van der Waals surface area contributed by atoms with Gasteiger partial charge in [0.15, 0.2) is 5.78 Å². The average Bonchev–Trinajstić information content (AvgIpc) is 2.67. The first-order valence-corrected chi connectivity index (χ1v) is 8.68. The van der Waals surface area contributed by atoms with Crippen LogP contribution in [0.25, 0.3) is 32.8 Å². The van der Waals surface area contributed by atoms with Crippen LogP contribution in [0, 0.1) is 6.07 Å². The summed E-state index contributed by atoms with van der Waals surface area (Å²) in [6, 6.07) is 26.3. The number of rotatable bonds is 2. The third-order valence-electron chi connectivity index (χ3n) is 4.01. The van der Waals surface area contributed by atoms with Crippen LogP contribution in [0.1, 0.15) is 13.8 Å². The van der Waals surface area contributed by atoms with Crippen LogP contribution in [-0.4, -0.2) is 15.9 Å². The molecule has 3 aromatic carbocycles. The number of hydrogen-bond donors (Lipinski definition) is 1. The van der Waals surface area contributed by atoms with Gasteiger partial charge in [0.1, 0.15) is 0 Å². The Labute approximate surface area is 178 Å². The summed E-state index contributed by atoms with van der Waals surface area (Å²) in [7, 11) is 0. The van der Waals surface area contributed by atoms with E-state index in [0.29, 0.717) is 0 Å². The predicted octanol–water partition coefficient (Wildman–Crippen LogP) is 5.89. The molecule has 0 saturated carbocycles. The first-order valence-electron chi connectivity index (χ1n) is 8.68. The Hall–Kier alpha value is -2.81. The average molecular weight is 547 g/mol. The van der Waals surface area contributed by atoms with Crippen LogP contribution in [0.2, 0.25) is 0 Å². The molecule has 0 unspecified atom stereocenters. The van der Waals surface area contributed by atoms with Gasteiger partial charge in [0.05, 0.1) is 5.76 Å². The molecule has 1 aromatic heterocycles. The zero-order valence-corrected chi connectivity index (χ0v) is 18.0. The Morgan fingerprint density at radius 1 is 0.893 bits per heavy atom. The van der Waals surface area contributed by atoms with Gasteiger partial charge in [-0.25, -0.2) is 0 Å². The van der Waals surface area contributed by atoms with Gasteiger partial charge in [0.2, 0.25) is 0 Å². The van der Waals surface area contributed by atoms with Crippen LogP contribution >= 0.6 is 0 Å². The van der Waals surface area contributed by atoms with E-state index in [9.17, 15) is 4.79 Å². The fourth-order valence-corrected chi connectivity index (χ4v) is 2.97. The van der Waals surface area contributed by atoms with Gasteiger partial charge in [0.25, 0.3) is 0 Å². The summed E-state index contributed by atoms with van der Waals surface area (Å²) in [5.74, 6) is -0.0625. The number of hydrogen-bond acceptors (Lipinski definition) is 3. The Morgan fingerprint density at radius 2 is 1.50 bits per heavy atom. The van der Waals surface area contributed by atoms with Crippen molar-refractivity contribution in [3.05, 3.63) is 90.8 Å². The van der Waals surface area contributed by atoms with E-state index >= 15 is 0 Å². The summed E-state index contributed by atoms with van der Waals surface area (Å²) in [4.78, 5) is 14.5. The molecule has 0 fully saturated rings. The third-order valence-corrected chi connectivity index (χ3v) is 4.01. The van der Waals surface area contributed by atoms with Crippen molar-refractivity contribution in [2.75, 3.05) is 0 Å². The maximum atomic E-state index is 10.0. The van der Waals surface area contributed by atoms with Crippen molar-refractivity contribution in [2.24, 2.45) is 0 Å². The van der Waals surface area contributed by atoms with Gasteiger partial charge in [-0.05, 0) is 19.9 Å². The second-order valence-electron chi connectivity index (χ2n) is 6.20. The summed E-state index contributed by atoms with van der Waals surface area (Å²) in [5.41, 5.74) is 2.04. The first kappa shape index (κ1) is 21.5. The number of allylic oxidation sites excluding steroid dienone is 2. The minimum atomic E-state index is -0.125. The van der Waals surface area contributed by atoms with E-state index in [4.69, 9.17) is 5.11 Å². The van der Waals surface area contributed by atoms with E-state index in [-0.39, 0.29) is 31.6 Å². The molecule has 0 bridgehead atoms. The first-order chi connectivity index (χ1) is 13.1. The monoisotopic (exact) mass is 547 g/mol. The van der Waals surface area contributed by atoms with Crippen LogP contribution in [0.4, 0.5) is 0 Å². The number of nitrogens with zero attached hydrogens (tertiary/aromatic N) is 1. The van der Waals surface area contributed by atoms with Crippen LogP contribution in [0.15, 0.2) is 84.8 Å². The minimum Gasteiger partial charge on any atom is -0.512 e. The fraction of sp³-hybridized carbons (Fsp3) is 0.0833. The van der Waals surface area contributed by atoms with Crippen molar-refractivity contribution < 1.29 is 30.0 Å². The fourth-order valence-electron chi connectivity index (χ4n) is 2.97. The Kier molecular flexibility index (Phi) is 7.62. The predicted molar refractivity (Wildman–Crippen MR) is 111 cm³/mol. The molecular weight excluding hydrogens is 526 g/mol. The molecule has 0 atom stereocenters. The zero-order chi connectivity index (χ0) is 19.2. The van der Waals surface area contributed by atoms with Crippen molar-refractivity contribution in [3.8, 4) is 11.3 Å². The standard InChI is InChI=1S/C19H12N.C5H8O2.Ir/c1-2-8-15-14(7-1)13-18(19-11-5-6-12-20-19)17-10-4-3-9-16(15)17;1-4(6)3-5(2)7;/h1-12H;3,6H,1-2H3;/q-1;;/b;4-3-;. The molecule has 3 nitrogen and oxygen atoms in total. The van der Waals surface area contributed by atoms with Gasteiger partial charge in [-0.1, -0.05) is 76.3 Å². The molecule has 4 heteroatoms. The van der Waals surface area contributed by atoms with E-state index in [0.717, 1.165) is 16.6 Å². The number of aromatic nitrogens is 1. The number of carbonyl (C=O) groups excluding carboxylic acids is 1. The number of aliphatic hydroxyl groups excluding tert-OH is 1. The molecule has 0 aliphatic heterocycles. The van der Waals surface area contributed by atoms with Crippen LogP contribution < -0.4 is 0 Å². The largest absolute Gasteiger partial charge is 0.512 e. The molecular formula is C24H20IrNO2-. The summed E-state index contributed by atoms with van der Waals surface area (Å²) >= 11 is 0. The summed E-state index contributed by atoms with van der Waals surface area (Å²) in [5, 5.41) is 13.2. The second kappa shape index (κ2) is 9.93. The topological polar surface area (TPSA) is 50.2 Å². The van der Waals surface area contributed by atoms with Crippen LogP contribution in [0.3, 0.4) is 0 Å². The Morgan fingerprint density at radius 3 is 2.07 bits per heavy atom. The molecule has 0 spiro atoms. The Balaban J connectivity index is 0.000000306. The van der Waals surface area contributed by atoms with E-state index in [1.807, 2.05) is 24.4 Å². The molecule has 28 heavy (non-hydrogen) atoms. The number of aliphatic hydroxyl groups is 1. The smallest absolute Gasteiger partial charge is 0.155 e. The SMILES string of the molecule is CC(=O)/C=C(/C)O.[Ir].[c-]1c(-c2ccccn2)c2ccccc2c2ccccc12. The van der Waals surface area contributed by atoms with Gasteiger partial charge >= 0.3 is 0 Å². The molecule has 1 radical (unpaired) electrons. The van der Waals surface area contributed by atoms with Crippen molar-refractivity contribution >= 4 is 27.3 Å². The molecule has 0 aliphatic carbocycles. The van der Waals surface area contributed by atoms with Crippen molar-refractivity contribution in [1.82, 2.24) is 4.98 Å². The van der Waals surface area contributed by atoms with E-state index in [2.05, 4.69) is 59.6 Å². The third kappa shape index (κ3) is 5.13. The summed E-state index contributed by atoms with van der Waals surface area (Å²) in [6.07, 6.45) is 2.99. The van der Waals surface area contributed by atoms with Gasteiger partial charge < -0.3 is 5.11 Å². The quantitative estimate of drug-likeness (QED) is 0.148. The number of benzene rings is 3. The van der Waals surface area contributed by atoms with Crippen molar-refractivity contribution in [2.45, 2.75) is 13.8 Å². The number of fused-ring (bicyclic) bond motifs is 3. The second-order valence-corrected chi connectivity index (χ2v) is 6.20. The summed E-state index contributed by atoms with van der Waals surface area (Å²) in [6.45, 7) is 2.85. The molecule has 4 aromatic rings. The summed E-state index contributed by atoms with van der Waals surface area (Å²) < 4.78 is 0. The zero-order valence-electron chi connectivity index (χ0n) is 15.6.